The van der Waals surface area contributed by atoms with Gasteiger partial charge >= 0.3 is 0 Å². The van der Waals surface area contributed by atoms with Crippen molar-refractivity contribution in [3.63, 3.8) is 0 Å². The van der Waals surface area contributed by atoms with E-state index in [0.717, 1.165) is 6.42 Å². The number of thioether (sulfide) groups is 2. The largest absolute Gasteiger partial charge is 0.394 e. The molecule has 1 saturated heterocycles. The molecule has 1 rings (SSSR count). The lowest BCUT2D eigenvalue weighted by Gasteiger charge is -2.28. The molecule has 19 nitrogen and oxygen atoms in total. The zero-order valence-electron chi connectivity index (χ0n) is 34.2. The van der Waals surface area contributed by atoms with Crippen LogP contribution < -0.4 is 54.4 Å². The van der Waals surface area contributed by atoms with Crippen LogP contribution in [0.1, 0.15) is 79.1 Å². The molecule has 7 amide bonds. The van der Waals surface area contributed by atoms with Crippen molar-refractivity contribution in [2.75, 3.05) is 43.7 Å². The molecule has 0 spiro atoms. The standard InChI is InChI=1S/C36H67N11O8S2/c1-20(2)17-26(29(37)49)45-31(51)23(10-8-14-41-36(38)39)42-34(54)27(18-21(3)4)46-32(52)24(11-15-56-5)44-35(55)28(19-48)47-33(53)25(12-16-57-6)43-30(50)22-9-7-13-40-22/h20-28,40,48H,7-19H2,1-6H3,(H2,37,49)(H,42,54)(H,43,50)(H,44,55)(H,45,51)(H,46,52)(H,47,53)(H4,38,39,41)/t22-,23+,24-,25-,26-,27-,28-/m0/s1. The number of nitrogens with zero attached hydrogens (tertiary/aromatic N) is 1. The summed E-state index contributed by atoms with van der Waals surface area (Å²) in [5.74, 6) is -3.82. The van der Waals surface area contributed by atoms with Crippen LogP contribution in [0, 0.1) is 11.8 Å². The third kappa shape index (κ3) is 20.4. The number of aliphatic imine (C=N–C) groups is 1. The lowest BCUT2D eigenvalue weighted by Crippen LogP contribution is -2.60. The maximum atomic E-state index is 13.8. The van der Waals surface area contributed by atoms with Gasteiger partial charge < -0.3 is 59.5 Å². The van der Waals surface area contributed by atoms with Crippen molar-refractivity contribution in [2.45, 2.75) is 121 Å². The molecule has 1 heterocycles. The highest BCUT2D eigenvalue weighted by Crippen LogP contribution is 2.12. The smallest absolute Gasteiger partial charge is 0.245 e. The van der Waals surface area contributed by atoms with Crippen LogP contribution in [0.4, 0.5) is 0 Å². The first-order valence-corrected chi connectivity index (χ1v) is 22.2. The van der Waals surface area contributed by atoms with Gasteiger partial charge in [0.1, 0.15) is 36.3 Å². The van der Waals surface area contributed by atoms with Crippen LogP contribution in [0.15, 0.2) is 4.99 Å². The number of primary amides is 1. The molecular formula is C36H67N11O8S2. The van der Waals surface area contributed by atoms with Crippen LogP contribution in [-0.2, 0) is 33.6 Å². The number of hydrogen-bond acceptors (Lipinski definition) is 12. The summed E-state index contributed by atoms with van der Waals surface area (Å²) in [6.07, 6.45) is 6.38. The molecule has 0 aromatic heterocycles. The molecule has 1 fully saturated rings. The zero-order valence-corrected chi connectivity index (χ0v) is 35.8. The molecule has 0 aromatic carbocycles. The van der Waals surface area contributed by atoms with Crippen molar-refractivity contribution < 1.29 is 38.7 Å². The maximum absolute atomic E-state index is 13.8. The number of guanidine groups is 1. The van der Waals surface area contributed by atoms with Gasteiger partial charge in [-0.1, -0.05) is 27.7 Å². The molecule has 326 valence electrons. The van der Waals surface area contributed by atoms with Crippen LogP contribution in [-0.4, -0.2) is 138 Å². The molecule has 14 N–H and O–H groups in total. The monoisotopic (exact) mass is 845 g/mol. The fourth-order valence-electron chi connectivity index (χ4n) is 5.94. The number of aliphatic hydroxyl groups is 1. The number of nitrogens with two attached hydrogens (primary N) is 3. The first-order valence-electron chi connectivity index (χ1n) is 19.4. The van der Waals surface area contributed by atoms with E-state index >= 15 is 0 Å². The lowest BCUT2D eigenvalue weighted by atomic mass is 10.0. The number of amides is 7. The van der Waals surface area contributed by atoms with Crippen molar-refractivity contribution in [3.05, 3.63) is 0 Å². The fourth-order valence-corrected chi connectivity index (χ4v) is 6.88. The Balaban J connectivity index is 3.21. The minimum Gasteiger partial charge on any atom is -0.394 e. The number of carbonyl (C=O) groups is 7. The summed E-state index contributed by atoms with van der Waals surface area (Å²) in [7, 11) is 0. The molecule has 1 aliphatic rings. The summed E-state index contributed by atoms with van der Waals surface area (Å²) in [5.41, 5.74) is 16.4. The van der Waals surface area contributed by atoms with Gasteiger partial charge in [0.05, 0.1) is 12.6 Å². The highest BCUT2D eigenvalue weighted by Gasteiger charge is 2.34. The summed E-state index contributed by atoms with van der Waals surface area (Å²) in [4.78, 5) is 96.8. The van der Waals surface area contributed by atoms with Crippen molar-refractivity contribution in [1.82, 2.24) is 37.2 Å². The Morgan fingerprint density at radius 1 is 0.667 bits per heavy atom. The van der Waals surface area contributed by atoms with Gasteiger partial charge in [-0.05, 0) is 93.8 Å². The number of nitrogens with one attached hydrogen (secondary N) is 7. The van der Waals surface area contributed by atoms with Gasteiger partial charge in [0.15, 0.2) is 5.96 Å². The topological polar surface area (TPSA) is 314 Å². The minimum absolute atomic E-state index is 0.0282. The van der Waals surface area contributed by atoms with Gasteiger partial charge in [-0.15, -0.1) is 0 Å². The number of rotatable bonds is 28. The molecule has 7 atom stereocenters. The predicted molar refractivity (Wildman–Crippen MR) is 224 cm³/mol. The molecular weight excluding hydrogens is 779 g/mol. The number of carbonyl (C=O) groups excluding carboxylic acids is 7. The van der Waals surface area contributed by atoms with Gasteiger partial charge in [-0.25, -0.2) is 0 Å². The van der Waals surface area contributed by atoms with E-state index < -0.39 is 84.3 Å². The maximum Gasteiger partial charge on any atom is 0.245 e. The van der Waals surface area contributed by atoms with Gasteiger partial charge in [-0.3, -0.25) is 38.6 Å². The molecule has 0 bridgehead atoms. The Morgan fingerprint density at radius 2 is 1.11 bits per heavy atom. The van der Waals surface area contributed by atoms with E-state index in [4.69, 9.17) is 17.2 Å². The fraction of sp³-hybridized carbons (Fsp3) is 0.778. The minimum atomic E-state index is -1.45. The molecule has 0 aromatic rings. The first-order chi connectivity index (χ1) is 26.9. The van der Waals surface area contributed by atoms with E-state index in [9.17, 15) is 38.7 Å². The van der Waals surface area contributed by atoms with Crippen molar-refractivity contribution >= 4 is 70.8 Å². The highest BCUT2D eigenvalue weighted by atomic mass is 32.2. The molecule has 57 heavy (non-hydrogen) atoms. The Hall–Kier alpha value is -3.82. The van der Waals surface area contributed by atoms with E-state index in [1.807, 2.05) is 40.2 Å². The second-order valence-electron chi connectivity index (χ2n) is 14.9. The molecule has 0 aliphatic carbocycles. The quantitative estimate of drug-likeness (QED) is 0.0226. The van der Waals surface area contributed by atoms with Crippen LogP contribution >= 0.6 is 23.5 Å². The van der Waals surface area contributed by atoms with Crippen LogP contribution in [0.2, 0.25) is 0 Å². The molecule has 0 radical (unpaired) electrons. The molecule has 1 aliphatic heterocycles. The normalized spacial score (nSPS) is 17.0. The first kappa shape index (κ1) is 51.2. The molecule has 21 heteroatoms. The van der Waals surface area contributed by atoms with E-state index in [1.165, 1.54) is 23.5 Å². The average Bonchev–Trinajstić information content (AvgIpc) is 3.69. The highest BCUT2D eigenvalue weighted by molar-refractivity contribution is 7.98. The lowest BCUT2D eigenvalue weighted by molar-refractivity contribution is -0.136. The van der Waals surface area contributed by atoms with Crippen LogP contribution in [0.25, 0.3) is 0 Å². The summed E-state index contributed by atoms with van der Waals surface area (Å²) in [6.45, 7) is 7.48. The van der Waals surface area contributed by atoms with Gasteiger partial charge in [0.25, 0.3) is 0 Å². The Bertz CT molecular complexity index is 1350. The van der Waals surface area contributed by atoms with E-state index in [-0.39, 0.29) is 68.8 Å². The SMILES string of the molecule is CSCC[C@H](NC(=O)[C@@H]1CCCN1)C(=O)N[C@@H](CO)C(=O)N[C@@H](CCSC)C(=O)N[C@@H](CC(C)C)C(=O)N[C@H](CCCN=C(N)N)C(=O)N[C@@H](CC(C)C)C(N)=O. The summed E-state index contributed by atoms with van der Waals surface area (Å²) < 4.78 is 0. The van der Waals surface area contributed by atoms with Crippen LogP contribution in [0.3, 0.4) is 0 Å². The Kier molecular flexibility index (Phi) is 24.9. The van der Waals surface area contributed by atoms with E-state index in [1.54, 1.807) is 0 Å². The van der Waals surface area contributed by atoms with E-state index in [2.05, 4.69) is 42.2 Å². The van der Waals surface area contributed by atoms with Gasteiger partial charge in [0, 0.05) is 6.54 Å². The van der Waals surface area contributed by atoms with Crippen molar-refractivity contribution in [3.8, 4) is 0 Å². The van der Waals surface area contributed by atoms with Crippen LogP contribution in [0.5, 0.6) is 0 Å². The second-order valence-corrected chi connectivity index (χ2v) is 16.8. The molecule has 0 unspecified atom stereocenters. The predicted octanol–water partition coefficient (Wildman–Crippen LogP) is -2.22. The van der Waals surface area contributed by atoms with E-state index in [0.29, 0.717) is 24.5 Å². The zero-order chi connectivity index (χ0) is 43.1. The van der Waals surface area contributed by atoms with Gasteiger partial charge in [-0.2, -0.15) is 23.5 Å². The number of aliphatic hydroxyl groups excluding tert-OH is 1. The van der Waals surface area contributed by atoms with Gasteiger partial charge in [0.2, 0.25) is 41.4 Å². The third-order valence-corrected chi connectivity index (χ3v) is 10.3. The Labute approximate surface area is 344 Å². The second kappa shape index (κ2) is 27.8. The average molecular weight is 846 g/mol. The molecule has 0 saturated carbocycles. The number of hydrogen-bond donors (Lipinski definition) is 11. The summed E-state index contributed by atoms with van der Waals surface area (Å²) in [5, 5.41) is 29.2. The third-order valence-electron chi connectivity index (χ3n) is 8.97. The Morgan fingerprint density at radius 3 is 1.56 bits per heavy atom. The summed E-state index contributed by atoms with van der Waals surface area (Å²) >= 11 is 2.90. The summed E-state index contributed by atoms with van der Waals surface area (Å²) in [6, 6.07) is -7.29. The van der Waals surface area contributed by atoms with Crippen molar-refractivity contribution in [2.24, 2.45) is 34.0 Å². The van der Waals surface area contributed by atoms with Crippen molar-refractivity contribution in [1.29, 1.82) is 0 Å².